The number of nitrogens with one attached hydrogen (secondary N) is 3. The van der Waals surface area contributed by atoms with Crippen LogP contribution in [0.3, 0.4) is 0 Å². The zero-order valence-corrected chi connectivity index (χ0v) is 18.7. The van der Waals surface area contributed by atoms with Gasteiger partial charge in [-0.15, -0.1) is 0 Å². The van der Waals surface area contributed by atoms with Crippen LogP contribution in [0.15, 0.2) is 0 Å². The van der Waals surface area contributed by atoms with E-state index in [1.165, 1.54) is 6.92 Å². The van der Waals surface area contributed by atoms with Gasteiger partial charge in [-0.3, -0.25) is 24.0 Å². The predicted octanol–water partition coefficient (Wildman–Crippen LogP) is -2.98. The summed E-state index contributed by atoms with van der Waals surface area (Å²) in [5, 5.41) is 34.7. The first-order valence-corrected chi connectivity index (χ1v) is 10.2. The quantitative estimate of drug-likeness (QED) is 0.119. The monoisotopic (exact) mass is 475 g/mol. The second-order valence-electron chi connectivity index (χ2n) is 7.89. The third-order valence-electron chi connectivity index (χ3n) is 4.66. The van der Waals surface area contributed by atoms with Crippen molar-refractivity contribution in [1.29, 1.82) is 0 Å². The van der Waals surface area contributed by atoms with Gasteiger partial charge in [0, 0.05) is 12.8 Å². The molecule has 0 spiro atoms. The molecule has 10 N–H and O–H groups in total. The number of aliphatic hydroxyl groups is 1. The minimum Gasteiger partial charge on any atom is -0.481 e. The molecule has 33 heavy (non-hydrogen) atoms. The standard InChI is InChI=1S/C19H33N5O9/c1-8(2)14(21)17(30)24-15(9(3)25)18(31)22-10(5-7-13(27)28)16(29)23-11(19(32)33)4-6-12(20)26/h8-11,14-15,25H,4-7,21H2,1-3H3,(H2,20,26)(H,22,31)(H,23,29)(H,24,30)(H,27,28)(H,32,33). The van der Waals surface area contributed by atoms with Gasteiger partial charge in [-0.1, -0.05) is 13.8 Å². The zero-order valence-electron chi connectivity index (χ0n) is 18.7. The predicted molar refractivity (Wildman–Crippen MR) is 113 cm³/mol. The zero-order chi connectivity index (χ0) is 25.9. The summed E-state index contributed by atoms with van der Waals surface area (Å²) in [4.78, 5) is 70.7. The van der Waals surface area contributed by atoms with E-state index in [0.29, 0.717) is 0 Å². The maximum Gasteiger partial charge on any atom is 0.326 e. The normalized spacial score (nSPS) is 15.5. The van der Waals surface area contributed by atoms with E-state index in [1.807, 2.05) is 0 Å². The number of carboxylic acids is 2. The summed E-state index contributed by atoms with van der Waals surface area (Å²) in [6, 6.07) is -5.54. The Bertz CT molecular complexity index is 741. The number of carboxylic acid groups (broad SMARTS) is 2. The van der Waals surface area contributed by atoms with Gasteiger partial charge in [-0.05, 0) is 25.7 Å². The van der Waals surface area contributed by atoms with Gasteiger partial charge in [0.15, 0.2) is 0 Å². The molecule has 0 bridgehead atoms. The van der Waals surface area contributed by atoms with Crippen LogP contribution in [-0.2, 0) is 28.8 Å². The molecular formula is C19H33N5O9. The summed E-state index contributed by atoms with van der Waals surface area (Å²) >= 11 is 0. The van der Waals surface area contributed by atoms with E-state index in [4.69, 9.17) is 16.6 Å². The van der Waals surface area contributed by atoms with Crippen molar-refractivity contribution in [1.82, 2.24) is 16.0 Å². The van der Waals surface area contributed by atoms with Crippen molar-refractivity contribution < 1.29 is 44.1 Å². The van der Waals surface area contributed by atoms with Crippen molar-refractivity contribution in [3.05, 3.63) is 0 Å². The van der Waals surface area contributed by atoms with Gasteiger partial charge in [0.25, 0.3) is 0 Å². The molecule has 0 heterocycles. The van der Waals surface area contributed by atoms with Crippen LogP contribution in [0.4, 0.5) is 0 Å². The maximum atomic E-state index is 12.7. The fourth-order valence-electron chi connectivity index (χ4n) is 2.57. The van der Waals surface area contributed by atoms with E-state index in [2.05, 4.69) is 16.0 Å². The summed E-state index contributed by atoms with van der Waals surface area (Å²) in [7, 11) is 0. The Morgan fingerprint density at radius 2 is 1.30 bits per heavy atom. The molecule has 5 unspecified atom stereocenters. The first-order valence-electron chi connectivity index (χ1n) is 10.2. The minimum absolute atomic E-state index is 0.273. The third-order valence-corrected chi connectivity index (χ3v) is 4.66. The van der Waals surface area contributed by atoms with Crippen LogP contribution in [0.5, 0.6) is 0 Å². The van der Waals surface area contributed by atoms with Crippen molar-refractivity contribution in [2.24, 2.45) is 17.4 Å². The van der Waals surface area contributed by atoms with Crippen molar-refractivity contribution in [3.8, 4) is 0 Å². The molecule has 0 aliphatic rings. The molecular weight excluding hydrogens is 442 g/mol. The van der Waals surface area contributed by atoms with E-state index < -0.39 is 78.7 Å². The number of hydrogen-bond acceptors (Lipinski definition) is 8. The van der Waals surface area contributed by atoms with Gasteiger partial charge in [-0.2, -0.15) is 0 Å². The molecule has 0 fully saturated rings. The van der Waals surface area contributed by atoms with E-state index in [1.54, 1.807) is 13.8 Å². The summed E-state index contributed by atoms with van der Waals surface area (Å²) in [6.45, 7) is 4.55. The van der Waals surface area contributed by atoms with E-state index in [0.717, 1.165) is 0 Å². The SMILES string of the molecule is CC(C)C(N)C(=O)NC(C(=O)NC(CCC(=O)O)C(=O)NC(CCC(N)=O)C(=O)O)C(C)O. The maximum absolute atomic E-state index is 12.7. The van der Waals surface area contributed by atoms with Gasteiger partial charge >= 0.3 is 11.9 Å². The van der Waals surface area contributed by atoms with Crippen molar-refractivity contribution in [3.63, 3.8) is 0 Å². The van der Waals surface area contributed by atoms with E-state index in [-0.39, 0.29) is 18.8 Å². The molecule has 0 radical (unpaired) electrons. The number of rotatable bonds is 15. The molecule has 0 aromatic heterocycles. The second kappa shape index (κ2) is 14.0. The number of aliphatic carboxylic acids is 2. The summed E-state index contributed by atoms with van der Waals surface area (Å²) in [5.74, 6) is -6.58. The first-order chi connectivity index (χ1) is 15.2. The van der Waals surface area contributed by atoms with Gasteiger partial charge in [-0.25, -0.2) is 4.79 Å². The molecule has 0 aromatic carbocycles. The molecule has 14 heteroatoms. The molecule has 0 aromatic rings. The number of aliphatic hydroxyl groups excluding tert-OH is 1. The lowest BCUT2D eigenvalue weighted by molar-refractivity contribution is -0.143. The minimum atomic E-state index is -1.52. The van der Waals surface area contributed by atoms with Crippen LogP contribution in [-0.4, -0.2) is 81.2 Å². The molecule has 0 aliphatic carbocycles. The topological polar surface area (TPSA) is 251 Å². The van der Waals surface area contributed by atoms with Crippen molar-refractivity contribution >= 4 is 35.6 Å². The van der Waals surface area contributed by atoms with Crippen molar-refractivity contribution in [2.75, 3.05) is 0 Å². The van der Waals surface area contributed by atoms with Crippen LogP contribution in [0.1, 0.15) is 46.5 Å². The number of hydrogen-bond donors (Lipinski definition) is 8. The Labute approximate surface area is 190 Å². The van der Waals surface area contributed by atoms with Gasteiger partial charge in [0.2, 0.25) is 23.6 Å². The van der Waals surface area contributed by atoms with Crippen LogP contribution >= 0.6 is 0 Å². The second-order valence-corrected chi connectivity index (χ2v) is 7.89. The Balaban J connectivity index is 5.53. The largest absolute Gasteiger partial charge is 0.481 e. The molecule has 188 valence electrons. The highest BCUT2D eigenvalue weighted by atomic mass is 16.4. The Kier molecular flexibility index (Phi) is 12.6. The highest BCUT2D eigenvalue weighted by Crippen LogP contribution is 2.05. The Morgan fingerprint density at radius 3 is 1.73 bits per heavy atom. The Hall–Kier alpha value is -3.26. The number of amides is 4. The van der Waals surface area contributed by atoms with E-state index >= 15 is 0 Å². The molecule has 0 aliphatic heterocycles. The van der Waals surface area contributed by atoms with Crippen molar-refractivity contribution in [2.45, 2.75) is 76.7 Å². The number of carbonyl (C=O) groups is 6. The molecule has 0 saturated heterocycles. The molecule has 0 saturated carbocycles. The van der Waals surface area contributed by atoms with Gasteiger partial charge in [0.05, 0.1) is 12.1 Å². The summed E-state index contributed by atoms with van der Waals surface area (Å²) in [6.07, 6.45) is -3.04. The molecule has 0 rings (SSSR count). The molecule has 5 atom stereocenters. The number of nitrogens with two attached hydrogens (primary N) is 2. The van der Waals surface area contributed by atoms with Crippen LogP contribution < -0.4 is 27.4 Å². The fraction of sp³-hybridized carbons (Fsp3) is 0.684. The lowest BCUT2D eigenvalue weighted by atomic mass is 10.0. The Morgan fingerprint density at radius 1 is 0.788 bits per heavy atom. The average Bonchev–Trinajstić information content (AvgIpc) is 2.69. The average molecular weight is 475 g/mol. The number of primary amides is 1. The van der Waals surface area contributed by atoms with Crippen LogP contribution in [0.2, 0.25) is 0 Å². The first kappa shape index (κ1) is 29.7. The number of carbonyl (C=O) groups excluding carboxylic acids is 4. The summed E-state index contributed by atoms with van der Waals surface area (Å²) < 4.78 is 0. The molecule has 14 nitrogen and oxygen atoms in total. The van der Waals surface area contributed by atoms with Crippen LogP contribution in [0, 0.1) is 5.92 Å². The van der Waals surface area contributed by atoms with E-state index in [9.17, 15) is 39.0 Å². The third kappa shape index (κ3) is 11.2. The van der Waals surface area contributed by atoms with Gasteiger partial charge in [0.1, 0.15) is 18.1 Å². The highest BCUT2D eigenvalue weighted by molar-refractivity contribution is 5.94. The fourth-order valence-corrected chi connectivity index (χ4v) is 2.57. The summed E-state index contributed by atoms with van der Waals surface area (Å²) in [5.41, 5.74) is 10.7. The van der Waals surface area contributed by atoms with Gasteiger partial charge < -0.3 is 42.7 Å². The highest BCUT2D eigenvalue weighted by Gasteiger charge is 2.33. The lowest BCUT2D eigenvalue weighted by Crippen LogP contribution is -2.60. The smallest absolute Gasteiger partial charge is 0.326 e. The molecule has 4 amide bonds. The lowest BCUT2D eigenvalue weighted by Gasteiger charge is -2.26. The van der Waals surface area contributed by atoms with Crippen LogP contribution in [0.25, 0.3) is 0 Å².